The second-order valence-corrected chi connectivity index (χ2v) is 8.85. The number of hydrogen-bond acceptors (Lipinski definition) is 5. The van der Waals surface area contributed by atoms with E-state index >= 15 is 0 Å². The van der Waals surface area contributed by atoms with Gasteiger partial charge in [-0.05, 0) is 55.2 Å². The zero-order valence-corrected chi connectivity index (χ0v) is 18.0. The number of methoxy groups -OCH3 is 1. The van der Waals surface area contributed by atoms with Crippen LogP contribution in [-0.2, 0) is 0 Å². The molecule has 1 aliphatic heterocycles. The van der Waals surface area contributed by atoms with Crippen LogP contribution in [0.5, 0.6) is 5.75 Å². The van der Waals surface area contributed by atoms with Crippen molar-refractivity contribution in [1.82, 2.24) is 14.9 Å². The minimum atomic E-state index is 0.0549. The molecule has 0 saturated carbocycles. The van der Waals surface area contributed by atoms with E-state index in [2.05, 4.69) is 11.1 Å². The standard InChI is InChI=1S/C23H20ClN3O2S/c1-29-18-8-7-14-11-16-12-19(30-22(16)26-21(14)20(18)24)23(28)27-10-3-2-6-17(27)15-5-4-9-25-13-15/h4-5,7-9,11-13,17H,2-3,6,10H2,1H3. The fourth-order valence-corrected chi connectivity index (χ4v) is 5.41. The first-order chi connectivity index (χ1) is 14.7. The summed E-state index contributed by atoms with van der Waals surface area (Å²) in [5.41, 5.74) is 1.78. The normalized spacial score (nSPS) is 16.9. The molecule has 1 fully saturated rings. The zero-order chi connectivity index (χ0) is 20.7. The summed E-state index contributed by atoms with van der Waals surface area (Å²) in [5, 5.41) is 2.37. The number of carbonyl (C=O) groups excluding carboxylic acids is 1. The number of halogens is 1. The van der Waals surface area contributed by atoms with Crippen molar-refractivity contribution in [2.45, 2.75) is 25.3 Å². The van der Waals surface area contributed by atoms with Gasteiger partial charge < -0.3 is 9.64 Å². The monoisotopic (exact) mass is 437 g/mol. The average molecular weight is 438 g/mol. The molecule has 1 saturated heterocycles. The molecular weight excluding hydrogens is 418 g/mol. The smallest absolute Gasteiger partial charge is 0.264 e. The summed E-state index contributed by atoms with van der Waals surface area (Å²) in [7, 11) is 1.59. The number of aromatic nitrogens is 2. The van der Waals surface area contributed by atoms with Crippen molar-refractivity contribution in [3.8, 4) is 5.75 Å². The molecule has 0 N–H and O–H groups in total. The molecule has 30 heavy (non-hydrogen) atoms. The molecule has 1 atom stereocenters. The van der Waals surface area contributed by atoms with E-state index in [9.17, 15) is 4.79 Å². The molecule has 0 radical (unpaired) electrons. The molecule has 3 aromatic heterocycles. The first-order valence-corrected chi connectivity index (χ1v) is 11.1. The fraction of sp³-hybridized carbons (Fsp3) is 0.261. The molecule has 7 heteroatoms. The first kappa shape index (κ1) is 19.3. The van der Waals surface area contributed by atoms with Gasteiger partial charge >= 0.3 is 0 Å². The van der Waals surface area contributed by atoms with Gasteiger partial charge in [0.2, 0.25) is 0 Å². The molecule has 4 heterocycles. The van der Waals surface area contributed by atoms with Crippen molar-refractivity contribution in [1.29, 1.82) is 0 Å². The lowest BCUT2D eigenvalue weighted by Gasteiger charge is -2.35. The molecule has 152 valence electrons. The van der Waals surface area contributed by atoms with E-state index in [1.807, 2.05) is 41.4 Å². The number of rotatable bonds is 3. The van der Waals surface area contributed by atoms with Crippen molar-refractivity contribution in [3.63, 3.8) is 0 Å². The van der Waals surface area contributed by atoms with E-state index in [0.29, 0.717) is 21.2 Å². The Morgan fingerprint density at radius 1 is 1.23 bits per heavy atom. The SMILES string of the molecule is COc1ccc2cc3cc(C(=O)N4CCCCC4c4cccnc4)sc3nc2c1Cl. The lowest BCUT2D eigenvalue weighted by molar-refractivity contribution is 0.0616. The van der Waals surface area contributed by atoms with Crippen LogP contribution in [0.1, 0.15) is 40.5 Å². The summed E-state index contributed by atoms with van der Waals surface area (Å²) < 4.78 is 5.31. The van der Waals surface area contributed by atoms with E-state index in [-0.39, 0.29) is 11.9 Å². The Hall–Kier alpha value is -2.70. The van der Waals surface area contributed by atoms with Gasteiger partial charge in [-0.2, -0.15) is 0 Å². The van der Waals surface area contributed by atoms with Crippen LogP contribution in [-0.4, -0.2) is 34.4 Å². The van der Waals surface area contributed by atoms with Crippen LogP contribution in [0.2, 0.25) is 5.02 Å². The number of thiophene rings is 1. The molecule has 1 aromatic carbocycles. The fourth-order valence-electron chi connectivity index (χ4n) is 4.15. The molecule has 0 spiro atoms. The van der Waals surface area contributed by atoms with Gasteiger partial charge in [-0.3, -0.25) is 9.78 Å². The summed E-state index contributed by atoms with van der Waals surface area (Å²) in [4.78, 5) is 25.9. The average Bonchev–Trinajstić information content (AvgIpc) is 3.21. The molecule has 0 aliphatic carbocycles. The quantitative estimate of drug-likeness (QED) is 0.402. The second kappa shape index (κ2) is 7.85. The summed E-state index contributed by atoms with van der Waals surface area (Å²) in [5.74, 6) is 0.649. The van der Waals surface area contributed by atoms with Gasteiger partial charge in [0, 0.05) is 29.7 Å². The lowest BCUT2D eigenvalue weighted by atomic mass is 9.96. The van der Waals surface area contributed by atoms with Crippen LogP contribution in [0.4, 0.5) is 0 Å². The van der Waals surface area contributed by atoms with Crippen LogP contribution in [0.25, 0.3) is 21.1 Å². The maximum Gasteiger partial charge on any atom is 0.264 e. The van der Waals surface area contributed by atoms with Crippen molar-refractivity contribution < 1.29 is 9.53 Å². The lowest BCUT2D eigenvalue weighted by Crippen LogP contribution is -2.38. The summed E-state index contributed by atoms with van der Waals surface area (Å²) in [6.07, 6.45) is 6.72. The number of likely N-dealkylation sites (tertiary alicyclic amines) is 1. The second-order valence-electron chi connectivity index (χ2n) is 7.44. The van der Waals surface area contributed by atoms with Crippen molar-refractivity contribution >= 4 is 50.0 Å². The van der Waals surface area contributed by atoms with Gasteiger partial charge in [-0.15, -0.1) is 11.3 Å². The zero-order valence-electron chi connectivity index (χ0n) is 16.5. The third-order valence-corrected chi connectivity index (χ3v) is 7.04. The molecule has 4 aromatic rings. The van der Waals surface area contributed by atoms with Crippen LogP contribution in [0, 0.1) is 0 Å². The number of benzene rings is 1. The highest BCUT2D eigenvalue weighted by Crippen LogP contribution is 2.37. The Labute approximate surface area is 183 Å². The number of amides is 1. The largest absolute Gasteiger partial charge is 0.495 e. The van der Waals surface area contributed by atoms with E-state index in [1.54, 1.807) is 13.3 Å². The Kier molecular flexibility index (Phi) is 5.05. The number of ether oxygens (including phenoxy) is 1. The maximum atomic E-state index is 13.5. The highest BCUT2D eigenvalue weighted by molar-refractivity contribution is 7.20. The molecule has 5 nitrogen and oxygen atoms in total. The van der Waals surface area contributed by atoms with Gasteiger partial charge in [-0.1, -0.05) is 17.7 Å². The highest BCUT2D eigenvalue weighted by Gasteiger charge is 2.30. The van der Waals surface area contributed by atoms with Gasteiger partial charge in [0.15, 0.2) is 0 Å². The van der Waals surface area contributed by atoms with Gasteiger partial charge in [0.05, 0.1) is 23.5 Å². The van der Waals surface area contributed by atoms with Gasteiger partial charge in [0.1, 0.15) is 15.6 Å². The molecule has 1 unspecified atom stereocenters. The topological polar surface area (TPSA) is 55.3 Å². The van der Waals surface area contributed by atoms with Crippen molar-refractivity contribution in [3.05, 3.63) is 64.3 Å². The third kappa shape index (κ3) is 3.30. The number of carbonyl (C=O) groups is 1. The Morgan fingerprint density at radius 3 is 2.93 bits per heavy atom. The summed E-state index contributed by atoms with van der Waals surface area (Å²) in [6, 6.07) is 11.8. The van der Waals surface area contributed by atoms with E-state index < -0.39 is 0 Å². The first-order valence-electron chi connectivity index (χ1n) is 9.93. The van der Waals surface area contributed by atoms with Gasteiger partial charge in [-0.25, -0.2) is 4.98 Å². The molecular formula is C23H20ClN3O2S. The predicted octanol–water partition coefficient (Wildman–Crippen LogP) is 5.87. The van der Waals surface area contributed by atoms with Crippen LogP contribution in [0.15, 0.2) is 48.8 Å². The molecule has 1 aliphatic rings. The maximum absolute atomic E-state index is 13.5. The van der Waals surface area contributed by atoms with Gasteiger partial charge in [0.25, 0.3) is 5.91 Å². The molecule has 5 rings (SSSR count). The van der Waals surface area contributed by atoms with E-state index in [1.165, 1.54) is 11.3 Å². The molecule has 1 amide bonds. The Morgan fingerprint density at radius 2 is 2.13 bits per heavy atom. The van der Waals surface area contributed by atoms with E-state index in [4.69, 9.17) is 21.3 Å². The Bertz CT molecular complexity index is 1240. The highest BCUT2D eigenvalue weighted by atomic mass is 35.5. The Balaban J connectivity index is 1.54. The number of hydrogen-bond donors (Lipinski definition) is 0. The number of piperidine rings is 1. The van der Waals surface area contributed by atoms with Crippen molar-refractivity contribution in [2.24, 2.45) is 0 Å². The third-order valence-electron chi connectivity index (χ3n) is 5.64. The number of fused-ring (bicyclic) bond motifs is 2. The predicted molar refractivity (Wildman–Crippen MR) is 121 cm³/mol. The van der Waals surface area contributed by atoms with Crippen LogP contribution >= 0.6 is 22.9 Å². The van der Waals surface area contributed by atoms with Crippen LogP contribution < -0.4 is 4.74 Å². The van der Waals surface area contributed by atoms with Crippen molar-refractivity contribution in [2.75, 3.05) is 13.7 Å². The number of pyridine rings is 2. The van der Waals surface area contributed by atoms with Crippen LogP contribution in [0.3, 0.4) is 0 Å². The minimum Gasteiger partial charge on any atom is -0.495 e. The number of nitrogens with zero attached hydrogens (tertiary/aromatic N) is 3. The van der Waals surface area contributed by atoms with E-state index in [0.717, 1.165) is 47.0 Å². The minimum absolute atomic E-state index is 0.0549. The molecule has 0 bridgehead atoms. The summed E-state index contributed by atoms with van der Waals surface area (Å²) >= 11 is 7.87. The summed E-state index contributed by atoms with van der Waals surface area (Å²) in [6.45, 7) is 0.755.